The molecule has 0 atom stereocenters. The van der Waals surface area contributed by atoms with Crippen LogP contribution in [0.2, 0.25) is 0 Å². The maximum absolute atomic E-state index is 11.8. The molecule has 2 aromatic heterocycles. The third-order valence-electron chi connectivity index (χ3n) is 2.85. The summed E-state index contributed by atoms with van der Waals surface area (Å²) in [6.07, 6.45) is 7.67. The van der Waals surface area contributed by atoms with E-state index in [1.807, 2.05) is 6.07 Å². The van der Waals surface area contributed by atoms with Crippen LogP contribution in [0, 0.1) is 0 Å². The minimum absolute atomic E-state index is 0.185. The minimum atomic E-state index is -0.185. The second-order valence-electron chi connectivity index (χ2n) is 4.25. The van der Waals surface area contributed by atoms with Crippen LogP contribution in [0.25, 0.3) is 17.0 Å². The second-order valence-corrected chi connectivity index (χ2v) is 4.25. The SMILES string of the molecule is O=C(/C=C/c1ccc2cc(O)ccc2n1)n1ccnc1. The Balaban J connectivity index is 1.87. The van der Waals surface area contributed by atoms with Gasteiger partial charge in [-0.2, -0.15) is 0 Å². The Morgan fingerprint density at radius 2 is 2.15 bits per heavy atom. The first-order chi connectivity index (χ1) is 9.72. The number of phenols is 1. The third kappa shape index (κ3) is 2.42. The average molecular weight is 265 g/mol. The van der Waals surface area contributed by atoms with E-state index >= 15 is 0 Å². The first-order valence-corrected chi connectivity index (χ1v) is 6.02. The molecule has 0 fully saturated rings. The maximum Gasteiger partial charge on any atom is 0.255 e. The molecule has 1 N–H and O–H groups in total. The summed E-state index contributed by atoms with van der Waals surface area (Å²) < 4.78 is 1.38. The van der Waals surface area contributed by atoms with E-state index in [2.05, 4.69) is 9.97 Å². The lowest BCUT2D eigenvalue weighted by Gasteiger charge is -2.00. The van der Waals surface area contributed by atoms with Crippen molar-refractivity contribution in [1.29, 1.82) is 0 Å². The van der Waals surface area contributed by atoms with Crippen LogP contribution in [-0.2, 0) is 0 Å². The van der Waals surface area contributed by atoms with Gasteiger partial charge in [0.15, 0.2) is 0 Å². The Morgan fingerprint density at radius 3 is 2.95 bits per heavy atom. The van der Waals surface area contributed by atoms with Gasteiger partial charge in [-0.25, -0.2) is 9.97 Å². The summed E-state index contributed by atoms with van der Waals surface area (Å²) in [5.41, 5.74) is 1.44. The van der Waals surface area contributed by atoms with E-state index < -0.39 is 0 Å². The Hall–Kier alpha value is -2.95. The zero-order valence-electron chi connectivity index (χ0n) is 10.5. The summed E-state index contributed by atoms with van der Waals surface area (Å²) in [7, 11) is 0. The topological polar surface area (TPSA) is 68.0 Å². The number of fused-ring (bicyclic) bond motifs is 1. The molecule has 3 rings (SSSR count). The number of carbonyl (C=O) groups excluding carboxylic acids is 1. The van der Waals surface area contributed by atoms with Crippen LogP contribution in [-0.4, -0.2) is 25.5 Å². The van der Waals surface area contributed by atoms with Crippen molar-refractivity contribution in [1.82, 2.24) is 14.5 Å². The molecule has 3 aromatic rings. The molecule has 5 nitrogen and oxygen atoms in total. The predicted molar refractivity (Wildman–Crippen MR) is 75.3 cm³/mol. The molecule has 98 valence electrons. The van der Waals surface area contributed by atoms with Gasteiger partial charge in [0.2, 0.25) is 0 Å². The molecule has 0 saturated carbocycles. The monoisotopic (exact) mass is 265 g/mol. The van der Waals surface area contributed by atoms with Crippen molar-refractivity contribution in [2.45, 2.75) is 0 Å². The fraction of sp³-hybridized carbons (Fsp3) is 0. The van der Waals surface area contributed by atoms with Crippen LogP contribution >= 0.6 is 0 Å². The molecule has 0 unspecified atom stereocenters. The number of benzene rings is 1. The summed E-state index contributed by atoms with van der Waals surface area (Å²) >= 11 is 0. The van der Waals surface area contributed by atoms with E-state index in [1.54, 1.807) is 42.7 Å². The van der Waals surface area contributed by atoms with Gasteiger partial charge < -0.3 is 5.11 Å². The van der Waals surface area contributed by atoms with Gasteiger partial charge >= 0.3 is 0 Å². The predicted octanol–water partition coefficient (Wildman–Crippen LogP) is 2.49. The van der Waals surface area contributed by atoms with Crippen molar-refractivity contribution in [3.8, 4) is 5.75 Å². The van der Waals surface area contributed by atoms with Crippen molar-refractivity contribution in [3.63, 3.8) is 0 Å². The molecule has 0 saturated heterocycles. The molecule has 0 aliphatic carbocycles. The zero-order valence-corrected chi connectivity index (χ0v) is 10.5. The van der Waals surface area contributed by atoms with Crippen LogP contribution in [0.5, 0.6) is 5.75 Å². The molecular formula is C15H11N3O2. The Kier molecular flexibility index (Phi) is 3.01. The highest BCUT2D eigenvalue weighted by Gasteiger charge is 2.00. The molecule has 0 bridgehead atoms. The quantitative estimate of drug-likeness (QED) is 0.723. The molecule has 0 aliphatic rings. The summed E-state index contributed by atoms with van der Waals surface area (Å²) in [5, 5.41) is 10.2. The Bertz CT molecular complexity index is 792. The van der Waals surface area contributed by atoms with Gasteiger partial charge in [-0.1, -0.05) is 6.07 Å². The van der Waals surface area contributed by atoms with Gasteiger partial charge in [-0.05, 0) is 30.3 Å². The van der Waals surface area contributed by atoms with Crippen molar-refractivity contribution in [2.24, 2.45) is 0 Å². The van der Waals surface area contributed by atoms with Crippen LogP contribution in [0.3, 0.4) is 0 Å². The fourth-order valence-electron chi connectivity index (χ4n) is 1.85. The van der Waals surface area contributed by atoms with Gasteiger partial charge in [-0.15, -0.1) is 0 Å². The number of imidazole rings is 1. The summed E-state index contributed by atoms with van der Waals surface area (Å²) in [6, 6.07) is 8.61. The van der Waals surface area contributed by atoms with Crippen molar-refractivity contribution >= 4 is 22.9 Å². The van der Waals surface area contributed by atoms with Gasteiger partial charge in [-0.3, -0.25) is 9.36 Å². The molecule has 20 heavy (non-hydrogen) atoms. The van der Waals surface area contributed by atoms with Gasteiger partial charge in [0.05, 0.1) is 11.2 Å². The van der Waals surface area contributed by atoms with E-state index in [9.17, 15) is 9.90 Å². The summed E-state index contributed by atoms with van der Waals surface area (Å²) in [6.45, 7) is 0. The van der Waals surface area contributed by atoms with E-state index in [1.165, 1.54) is 17.0 Å². The number of allylic oxidation sites excluding steroid dienone is 1. The van der Waals surface area contributed by atoms with Crippen LogP contribution in [0.15, 0.2) is 55.1 Å². The first kappa shape index (κ1) is 12.1. The second kappa shape index (κ2) is 4.97. The lowest BCUT2D eigenvalue weighted by atomic mass is 10.2. The van der Waals surface area contributed by atoms with Crippen LogP contribution in [0.1, 0.15) is 10.5 Å². The number of hydrogen-bond acceptors (Lipinski definition) is 4. The first-order valence-electron chi connectivity index (χ1n) is 6.02. The van der Waals surface area contributed by atoms with Gasteiger partial charge in [0.1, 0.15) is 12.1 Å². The zero-order chi connectivity index (χ0) is 13.9. The van der Waals surface area contributed by atoms with E-state index in [-0.39, 0.29) is 11.7 Å². The largest absolute Gasteiger partial charge is 0.508 e. The number of aromatic hydroxyl groups is 1. The highest BCUT2D eigenvalue weighted by molar-refractivity contribution is 5.93. The number of pyridine rings is 1. The number of rotatable bonds is 2. The minimum Gasteiger partial charge on any atom is -0.508 e. The number of carbonyl (C=O) groups is 1. The molecule has 0 radical (unpaired) electrons. The number of nitrogens with zero attached hydrogens (tertiary/aromatic N) is 3. The molecule has 1 aromatic carbocycles. The van der Waals surface area contributed by atoms with Crippen molar-refractivity contribution in [2.75, 3.05) is 0 Å². The Labute approximate surface area is 114 Å². The van der Waals surface area contributed by atoms with Gasteiger partial charge in [0, 0.05) is 23.9 Å². The van der Waals surface area contributed by atoms with Crippen LogP contribution in [0.4, 0.5) is 0 Å². The highest BCUT2D eigenvalue weighted by Crippen LogP contribution is 2.18. The van der Waals surface area contributed by atoms with Gasteiger partial charge in [0.25, 0.3) is 5.91 Å². The molecular weight excluding hydrogens is 254 g/mol. The molecule has 2 heterocycles. The number of aromatic nitrogens is 3. The molecule has 0 spiro atoms. The molecule has 0 aliphatic heterocycles. The maximum atomic E-state index is 11.8. The number of phenolic OH excluding ortho intramolecular Hbond substituents is 1. The van der Waals surface area contributed by atoms with Crippen molar-refractivity contribution in [3.05, 3.63) is 60.8 Å². The summed E-state index contributed by atoms with van der Waals surface area (Å²) in [5.74, 6) is 0.0213. The van der Waals surface area contributed by atoms with E-state index in [4.69, 9.17) is 0 Å². The van der Waals surface area contributed by atoms with E-state index in [0.29, 0.717) is 5.69 Å². The lowest BCUT2D eigenvalue weighted by molar-refractivity contribution is 0.0969. The smallest absolute Gasteiger partial charge is 0.255 e. The van der Waals surface area contributed by atoms with Crippen LogP contribution < -0.4 is 0 Å². The lowest BCUT2D eigenvalue weighted by Crippen LogP contribution is -2.03. The third-order valence-corrected chi connectivity index (χ3v) is 2.85. The number of hydrogen-bond donors (Lipinski definition) is 1. The Morgan fingerprint density at radius 1 is 1.25 bits per heavy atom. The summed E-state index contributed by atoms with van der Waals surface area (Å²) in [4.78, 5) is 20.0. The van der Waals surface area contributed by atoms with Crippen molar-refractivity contribution < 1.29 is 9.90 Å². The highest BCUT2D eigenvalue weighted by atomic mass is 16.3. The average Bonchev–Trinajstić information content (AvgIpc) is 2.99. The fourth-order valence-corrected chi connectivity index (χ4v) is 1.85. The molecule has 0 amide bonds. The standard InChI is InChI=1S/C15H11N3O2/c19-13-4-5-14-11(9-13)1-2-12(17-14)3-6-15(20)18-8-7-16-10-18/h1-10,19H/b6-3+. The van der Waals surface area contributed by atoms with E-state index in [0.717, 1.165) is 10.9 Å². The molecule has 5 heteroatoms. The normalized spacial score (nSPS) is 11.2.